The number of rotatable bonds is 14. The van der Waals surface area contributed by atoms with Gasteiger partial charge in [-0.1, -0.05) is 60.1 Å². The number of carbonyl (C=O) groups is 1. The third kappa shape index (κ3) is 11.4. The van der Waals surface area contributed by atoms with E-state index in [-0.39, 0.29) is 40.6 Å². The maximum absolute atomic E-state index is 15.2. The van der Waals surface area contributed by atoms with Crippen molar-refractivity contribution in [2.24, 2.45) is 50.2 Å². The molecule has 86 heavy (non-hydrogen) atoms. The second-order valence-corrected chi connectivity index (χ2v) is 28.7. The van der Waals surface area contributed by atoms with Crippen LogP contribution in [0.3, 0.4) is 0 Å². The number of aliphatic hydroxyl groups excluding tert-OH is 16. The van der Waals surface area contributed by atoms with Crippen molar-refractivity contribution in [3.8, 4) is 0 Å². The Bertz CT molecular complexity index is 2380. The van der Waals surface area contributed by atoms with Crippen molar-refractivity contribution in [1.29, 1.82) is 0 Å². The van der Waals surface area contributed by atoms with Crippen LogP contribution in [0.25, 0.3) is 0 Å². The second-order valence-electron chi connectivity index (χ2n) is 28.7. The number of aliphatic hydroxyl groups is 16. The molecule has 0 spiro atoms. The van der Waals surface area contributed by atoms with Crippen molar-refractivity contribution in [2.75, 3.05) is 33.0 Å². The molecular formula is C59H96O27. The van der Waals surface area contributed by atoms with Crippen molar-refractivity contribution < 1.29 is 134 Å². The number of carbonyl (C=O) groups excluding carboxylic acids is 1. The van der Waals surface area contributed by atoms with Crippen molar-refractivity contribution >= 4 is 5.97 Å². The van der Waals surface area contributed by atoms with Crippen LogP contribution in [0.5, 0.6) is 0 Å². The Morgan fingerprint density at radius 2 is 1.05 bits per heavy atom. The maximum atomic E-state index is 15.2. The predicted octanol–water partition coefficient (Wildman–Crippen LogP) is -3.57. The molecule has 27 heteroatoms. The molecule has 494 valence electrons. The fourth-order valence-electron chi connectivity index (χ4n) is 17.5. The number of fused-ring (bicyclic) bond motifs is 7. The Hall–Kier alpha value is -1.79. The summed E-state index contributed by atoms with van der Waals surface area (Å²) in [5.74, 6) is -0.706. The van der Waals surface area contributed by atoms with E-state index in [0.717, 1.165) is 12.8 Å². The fraction of sp³-hybridized carbons (Fsp3) is 0.949. The number of hydrogen-bond acceptors (Lipinski definition) is 27. The molecular weight excluding hydrogens is 1140 g/mol. The molecule has 9 fully saturated rings. The van der Waals surface area contributed by atoms with Gasteiger partial charge in [0, 0.05) is 0 Å². The first-order valence-electron chi connectivity index (χ1n) is 30.7. The number of ether oxygens (including phenoxy) is 10. The summed E-state index contributed by atoms with van der Waals surface area (Å²) in [6.45, 7) is 12.8. The molecule has 5 aliphatic heterocycles. The lowest BCUT2D eigenvalue weighted by atomic mass is 9.33. The molecule has 32 unspecified atom stereocenters. The van der Waals surface area contributed by atoms with E-state index in [1.807, 2.05) is 0 Å². The Morgan fingerprint density at radius 1 is 0.523 bits per heavy atom. The van der Waals surface area contributed by atoms with E-state index in [2.05, 4.69) is 54.5 Å². The molecule has 0 aromatic carbocycles. The van der Waals surface area contributed by atoms with Gasteiger partial charge < -0.3 is 129 Å². The minimum absolute atomic E-state index is 0.0358. The summed E-state index contributed by atoms with van der Waals surface area (Å²) in [6.07, 6.45) is -31.3. The van der Waals surface area contributed by atoms with E-state index >= 15 is 4.79 Å². The smallest absolute Gasteiger partial charge is 0.315 e. The van der Waals surface area contributed by atoms with Crippen LogP contribution >= 0.6 is 0 Å². The molecule has 0 radical (unpaired) electrons. The molecule has 4 saturated carbocycles. The Kier molecular flexibility index (Phi) is 19.4. The molecule has 10 aliphatic rings. The van der Waals surface area contributed by atoms with Crippen LogP contribution in [0.2, 0.25) is 0 Å². The first kappa shape index (κ1) is 67.1. The lowest BCUT2D eigenvalue weighted by Gasteiger charge is -2.71. The highest BCUT2D eigenvalue weighted by atomic mass is 16.8. The van der Waals surface area contributed by atoms with Gasteiger partial charge in [0.15, 0.2) is 25.2 Å². The van der Waals surface area contributed by atoms with E-state index in [9.17, 15) is 81.7 Å². The van der Waals surface area contributed by atoms with Crippen LogP contribution < -0.4 is 0 Å². The summed E-state index contributed by atoms with van der Waals surface area (Å²) < 4.78 is 59.6. The Balaban J connectivity index is 0.871. The maximum Gasteiger partial charge on any atom is 0.315 e. The Morgan fingerprint density at radius 3 is 1.67 bits per heavy atom. The Labute approximate surface area is 499 Å². The average molecular weight is 1240 g/mol. The normalized spacial score (nSPS) is 53.6. The topological polar surface area (TPSA) is 433 Å². The highest BCUT2D eigenvalue weighted by Crippen LogP contribution is 2.76. The monoisotopic (exact) mass is 1240 g/mol. The van der Waals surface area contributed by atoms with Gasteiger partial charge in [-0.3, -0.25) is 4.79 Å². The molecule has 5 heterocycles. The predicted molar refractivity (Wildman–Crippen MR) is 289 cm³/mol. The molecule has 5 aliphatic carbocycles. The van der Waals surface area contributed by atoms with Crippen molar-refractivity contribution in [3.63, 3.8) is 0 Å². The molecule has 16 N–H and O–H groups in total. The van der Waals surface area contributed by atoms with E-state index in [4.69, 9.17) is 47.4 Å². The number of allylic oxidation sites excluding steroid dienone is 2. The zero-order valence-electron chi connectivity index (χ0n) is 50.0. The highest BCUT2D eigenvalue weighted by molar-refractivity contribution is 5.79. The quantitative estimate of drug-likeness (QED) is 0.0454. The number of esters is 1. The zero-order valence-corrected chi connectivity index (χ0v) is 50.0. The molecule has 27 nitrogen and oxygen atoms in total. The van der Waals surface area contributed by atoms with Gasteiger partial charge in [-0.15, -0.1) is 0 Å². The first-order chi connectivity index (χ1) is 40.3. The van der Waals surface area contributed by atoms with E-state index in [0.29, 0.717) is 51.4 Å². The van der Waals surface area contributed by atoms with Gasteiger partial charge in [0.25, 0.3) is 0 Å². The molecule has 0 aromatic rings. The summed E-state index contributed by atoms with van der Waals surface area (Å²) in [4.78, 5) is 15.2. The highest BCUT2D eigenvalue weighted by Gasteiger charge is 2.70. The minimum Gasteiger partial charge on any atom is -0.432 e. The lowest BCUT2D eigenvalue weighted by molar-refractivity contribution is -0.381. The van der Waals surface area contributed by atoms with Gasteiger partial charge in [-0.25, -0.2) is 0 Å². The standard InChI is InChI=1S/C59H96O27/c1-54(2)14-16-59(53(76)86-51-46(75)41(70)37(66)29(82-51)23-79-49-44(73)39(68)35(64)27(19-60)80-49)17-15-57(6)24(25(59)18-54)8-9-32-56(5)12-11-33(55(3,4)31(56)10-13-58(32,57)7)84-52-47(85-50-45(74)40(69)36(65)28(20-61)81-50)42(71)38(67)30(83-52)22-78-48-43(72)34(63)26(62)21-77-48/h8,25-52,60-75H,9-23H2,1-7H3. The SMILES string of the molecule is CC1(C)CCC2(C(=O)OC3OC(COC4OC(CO)C(O)C(O)C4O)C(O)C(O)C3O)CCC3(C)C(=CCC4C5(C)CCC(OC6OC(COC7OCC(O)C(O)C7O)C(O)C(O)C6OC6OC(CO)C(O)C(O)C6O)C(C)(C)C5CCC43C)C2C1. The largest absolute Gasteiger partial charge is 0.432 e. The van der Waals surface area contributed by atoms with Crippen LogP contribution in [-0.4, -0.2) is 274 Å². The molecule has 0 aromatic heterocycles. The van der Waals surface area contributed by atoms with Gasteiger partial charge in [0.05, 0.1) is 44.6 Å². The van der Waals surface area contributed by atoms with Crippen LogP contribution in [0.15, 0.2) is 11.6 Å². The summed E-state index contributed by atoms with van der Waals surface area (Å²) in [6, 6.07) is 0. The third-order valence-corrected chi connectivity index (χ3v) is 23.1. The molecule has 0 amide bonds. The second kappa shape index (κ2) is 24.9. The zero-order chi connectivity index (χ0) is 62.7. The average Bonchev–Trinajstić information content (AvgIpc) is 0.683. The van der Waals surface area contributed by atoms with Crippen LogP contribution in [0.4, 0.5) is 0 Å². The summed E-state index contributed by atoms with van der Waals surface area (Å²) in [5.41, 5.74) is -1.61. The van der Waals surface area contributed by atoms with E-state index in [1.54, 1.807) is 0 Å². The van der Waals surface area contributed by atoms with Gasteiger partial charge in [0.2, 0.25) is 6.29 Å². The minimum atomic E-state index is -1.88. The molecule has 0 bridgehead atoms. The molecule has 10 rings (SSSR count). The van der Waals surface area contributed by atoms with E-state index in [1.165, 1.54) is 5.57 Å². The van der Waals surface area contributed by atoms with Gasteiger partial charge >= 0.3 is 5.97 Å². The summed E-state index contributed by atoms with van der Waals surface area (Å²) in [5, 5.41) is 171. The molecule has 32 atom stereocenters. The first-order valence-corrected chi connectivity index (χ1v) is 30.7. The molecule has 5 saturated heterocycles. The van der Waals surface area contributed by atoms with Gasteiger partial charge in [-0.2, -0.15) is 0 Å². The summed E-state index contributed by atoms with van der Waals surface area (Å²) in [7, 11) is 0. The number of hydrogen-bond donors (Lipinski definition) is 16. The van der Waals surface area contributed by atoms with Crippen molar-refractivity contribution in [2.45, 2.75) is 266 Å². The van der Waals surface area contributed by atoms with Crippen molar-refractivity contribution in [3.05, 3.63) is 11.6 Å². The van der Waals surface area contributed by atoms with Gasteiger partial charge in [-0.05, 0) is 109 Å². The van der Waals surface area contributed by atoms with Crippen LogP contribution in [0.1, 0.15) is 113 Å². The summed E-state index contributed by atoms with van der Waals surface area (Å²) >= 11 is 0. The van der Waals surface area contributed by atoms with Gasteiger partial charge in [0.1, 0.15) is 116 Å². The van der Waals surface area contributed by atoms with Crippen LogP contribution in [-0.2, 0) is 52.2 Å². The van der Waals surface area contributed by atoms with E-state index < -0.39 is 202 Å². The van der Waals surface area contributed by atoms with Crippen molar-refractivity contribution in [1.82, 2.24) is 0 Å². The fourth-order valence-corrected chi connectivity index (χ4v) is 17.5. The lowest BCUT2D eigenvalue weighted by Crippen LogP contribution is -2.67. The van der Waals surface area contributed by atoms with Crippen LogP contribution in [0, 0.1) is 50.2 Å². The third-order valence-electron chi connectivity index (χ3n) is 23.1.